The van der Waals surface area contributed by atoms with E-state index in [4.69, 9.17) is 0 Å². The quantitative estimate of drug-likeness (QED) is 0.658. The number of piperidine rings is 1. The van der Waals surface area contributed by atoms with Crippen LogP contribution in [0.25, 0.3) is 0 Å². The highest BCUT2D eigenvalue weighted by molar-refractivity contribution is 5.94. The van der Waals surface area contributed by atoms with Gasteiger partial charge in [-0.2, -0.15) is 0 Å². The topological polar surface area (TPSA) is 90.5 Å². The molecule has 4 amide bonds. The number of nitrogens with one attached hydrogen (secondary N) is 3. The smallest absolute Gasteiger partial charge is 0.321 e. The van der Waals surface area contributed by atoms with Crippen molar-refractivity contribution in [2.75, 3.05) is 31.5 Å². The fourth-order valence-electron chi connectivity index (χ4n) is 3.27. The largest absolute Gasteiger partial charge is 0.354 e. The fraction of sp³-hybridized carbons (Fsp3) is 0.318. The van der Waals surface area contributed by atoms with Crippen molar-refractivity contribution in [3.63, 3.8) is 0 Å². The van der Waals surface area contributed by atoms with Crippen LogP contribution in [0, 0.1) is 5.92 Å². The molecule has 1 fully saturated rings. The summed E-state index contributed by atoms with van der Waals surface area (Å²) in [5.74, 6) is -0.291. The highest BCUT2D eigenvalue weighted by Gasteiger charge is 2.27. The van der Waals surface area contributed by atoms with Crippen molar-refractivity contribution < 1.29 is 14.4 Å². The van der Waals surface area contributed by atoms with E-state index in [0.717, 1.165) is 5.69 Å². The molecule has 29 heavy (non-hydrogen) atoms. The molecule has 1 aliphatic heterocycles. The molecule has 152 valence electrons. The SMILES string of the molecule is O=C(NCCNC(=O)C1CCN(C(=O)Nc2ccccc2)CC1)c1ccccc1. The third-order valence-electron chi connectivity index (χ3n) is 4.92. The summed E-state index contributed by atoms with van der Waals surface area (Å²) in [5, 5.41) is 8.53. The Morgan fingerprint density at radius 2 is 1.41 bits per heavy atom. The molecule has 0 spiro atoms. The van der Waals surface area contributed by atoms with Gasteiger partial charge >= 0.3 is 6.03 Å². The average Bonchev–Trinajstić information content (AvgIpc) is 2.77. The maximum absolute atomic E-state index is 12.3. The second-order valence-electron chi connectivity index (χ2n) is 6.97. The van der Waals surface area contributed by atoms with Gasteiger partial charge in [0.15, 0.2) is 0 Å². The Morgan fingerprint density at radius 1 is 0.828 bits per heavy atom. The molecule has 1 aliphatic rings. The van der Waals surface area contributed by atoms with E-state index in [9.17, 15) is 14.4 Å². The van der Waals surface area contributed by atoms with E-state index in [0.29, 0.717) is 44.6 Å². The second-order valence-corrected chi connectivity index (χ2v) is 6.97. The van der Waals surface area contributed by atoms with Crippen molar-refractivity contribution in [1.29, 1.82) is 0 Å². The van der Waals surface area contributed by atoms with Crippen LogP contribution in [0.3, 0.4) is 0 Å². The van der Waals surface area contributed by atoms with Gasteiger partial charge in [-0.05, 0) is 37.1 Å². The van der Waals surface area contributed by atoms with Gasteiger partial charge in [0, 0.05) is 43.3 Å². The monoisotopic (exact) mass is 394 g/mol. The number of nitrogens with zero attached hydrogens (tertiary/aromatic N) is 1. The number of para-hydroxylation sites is 1. The van der Waals surface area contributed by atoms with Crippen LogP contribution in [0.1, 0.15) is 23.2 Å². The molecule has 0 saturated carbocycles. The molecule has 2 aromatic carbocycles. The molecule has 7 nitrogen and oxygen atoms in total. The summed E-state index contributed by atoms with van der Waals surface area (Å²) in [5.41, 5.74) is 1.36. The van der Waals surface area contributed by atoms with Crippen molar-refractivity contribution in [2.45, 2.75) is 12.8 Å². The summed E-state index contributed by atoms with van der Waals surface area (Å²) < 4.78 is 0. The molecule has 0 bridgehead atoms. The molecule has 1 saturated heterocycles. The van der Waals surface area contributed by atoms with Crippen molar-refractivity contribution in [3.8, 4) is 0 Å². The summed E-state index contributed by atoms with van der Waals surface area (Å²) in [6.45, 7) is 1.84. The standard InChI is InChI=1S/C22H26N4O3/c27-20(17-7-3-1-4-8-17)23-13-14-24-21(28)18-11-15-26(16-12-18)22(29)25-19-9-5-2-6-10-19/h1-10,18H,11-16H2,(H,23,27)(H,24,28)(H,25,29). The van der Waals surface area contributed by atoms with Crippen LogP contribution < -0.4 is 16.0 Å². The highest BCUT2D eigenvalue weighted by atomic mass is 16.2. The normalized spacial score (nSPS) is 14.1. The molecular weight excluding hydrogens is 368 g/mol. The van der Waals surface area contributed by atoms with Crippen molar-refractivity contribution >= 4 is 23.5 Å². The van der Waals surface area contributed by atoms with Crippen LogP contribution in [0.2, 0.25) is 0 Å². The first kappa shape index (κ1) is 20.4. The van der Waals surface area contributed by atoms with E-state index in [1.54, 1.807) is 17.0 Å². The first-order valence-electron chi connectivity index (χ1n) is 9.85. The van der Waals surface area contributed by atoms with E-state index in [2.05, 4.69) is 16.0 Å². The summed E-state index contributed by atoms with van der Waals surface area (Å²) in [4.78, 5) is 38.3. The Kier molecular flexibility index (Phi) is 7.22. The molecule has 2 aromatic rings. The molecule has 0 atom stereocenters. The van der Waals surface area contributed by atoms with Crippen LogP contribution in [-0.2, 0) is 4.79 Å². The number of carbonyl (C=O) groups excluding carboxylic acids is 3. The summed E-state index contributed by atoms with van der Waals surface area (Å²) >= 11 is 0. The van der Waals surface area contributed by atoms with Gasteiger partial charge in [0.05, 0.1) is 0 Å². The maximum atomic E-state index is 12.3. The first-order chi connectivity index (χ1) is 14.1. The minimum absolute atomic E-state index is 0.0259. The molecule has 0 aliphatic carbocycles. The Balaban J connectivity index is 1.33. The van der Waals surface area contributed by atoms with Gasteiger partial charge in [-0.15, -0.1) is 0 Å². The van der Waals surface area contributed by atoms with Gasteiger partial charge in [0.2, 0.25) is 5.91 Å². The number of carbonyl (C=O) groups is 3. The minimum atomic E-state index is -0.155. The molecule has 0 radical (unpaired) electrons. The lowest BCUT2D eigenvalue weighted by Gasteiger charge is -2.31. The third kappa shape index (κ3) is 6.07. The van der Waals surface area contributed by atoms with Crippen LogP contribution >= 0.6 is 0 Å². The Hall–Kier alpha value is -3.35. The van der Waals surface area contributed by atoms with Gasteiger partial charge in [0.1, 0.15) is 0 Å². The summed E-state index contributed by atoms with van der Waals surface area (Å²) in [6.07, 6.45) is 1.26. The zero-order chi connectivity index (χ0) is 20.5. The number of urea groups is 1. The van der Waals surface area contributed by atoms with Crippen molar-refractivity contribution in [3.05, 3.63) is 66.2 Å². The van der Waals surface area contributed by atoms with Gasteiger partial charge < -0.3 is 20.9 Å². The van der Waals surface area contributed by atoms with Gasteiger partial charge in [0.25, 0.3) is 5.91 Å². The lowest BCUT2D eigenvalue weighted by molar-refractivity contribution is -0.126. The van der Waals surface area contributed by atoms with E-state index in [-0.39, 0.29) is 23.8 Å². The summed E-state index contributed by atoms with van der Waals surface area (Å²) in [7, 11) is 0. The van der Waals surface area contributed by atoms with E-state index in [1.165, 1.54) is 0 Å². The zero-order valence-corrected chi connectivity index (χ0v) is 16.3. The molecular formula is C22H26N4O3. The summed E-state index contributed by atoms with van der Waals surface area (Å²) in [6, 6.07) is 18.1. The number of benzene rings is 2. The van der Waals surface area contributed by atoms with Crippen molar-refractivity contribution in [1.82, 2.24) is 15.5 Å². The number of likely N-dealkylation sites (tertiary alicyclic amines) is 1. The maximum Gasteiger partial charge on any atom is 0.321 e. The molecule has 0 aromatic heterocycles. The van der Waals surface area contributed by atoms with E-state index < -0.39 is 0 Å². The average molecular weight is 394 g/mol. The number of rotatable bonds is 6. The fourth-order valence-corrected chi connectivity index (χ4v) is 3.27. The zero-order valence-electron chi connectivity index (χ0n) is 16.3. The second kappa shape index (κ2) is 10.3. The minimum Gasteiger partial charge on any atom is -0.354 e. The first-order valence-corrected chi connectivity index (χ1v) is 9.85. The lowest BCUT2D eigenvalue weighted by atomic mass is 9.96. The van der Waals surface area contributed by atoms with E-state index >= 15 is 0 Å². The predicted molar refractivity (Wildman–Crippen MR) is 112 cm³/mol. The third-order valence-corrected chi connectivity index (χ3v) is 4.92. The number of amides is 4. The highest BCUT2D eigenvalue weighted by Crippen LogP contribution is 2.18. The molecule has 7 heteroatoms. The van der Waals surface area contributed by atoms with Crippen LogP contribution in [-0.4, -0.2) is 48.9 Å². The van der Waals surface area contributed by atoms with Gasteiger partial charge in [-0.1, -0.05) is 36.4 Å². The Morgan fingerprint density at radius 3 is 2.07 bits per heavy atom. The van der Waals surface area contributed by atoms with Crippen LogP contribution in [0.4, 0.5) is 10.5 Å². The van der Waals surface area contributed by atoms with Crippen molar-refractivity contribution in [2.24, 2.45) is 5.92 Å². The number of hydrogen-bond donors (Lipinski definition) is 3. The molecule has 1 heterocycles. The van der Waals surface area contributed by atoms with Crippen LogP contribution in [0.15, 0.2) is 60.7 Å². The lowest BCUT2D eigenvalue weighted by Crippen LogP contribution is -2.45. The number of hydrogen-bond acceptors (Lipinski definition) is 3. The molecule has 0 unspecified atom stereocenters. The van der Waals surface area contributed by atoms with Gasteiger partial charge in [-0.3, -0.25) is 9.59 Å². The molecule has 3 N–H and O–H groups in total. The predicted octanol–water partition coefficient (Wildman–Crippen LogP) is 2.48. The van der Waals surface area contributed by atoms with Gasteiger partial charge in [-0.25, -0.2) is 4.79 Å². The Bertz CT molecular complexity index is 818. The molecule has 3 rings (SSSR count). The Labute approximate surface area is 170 Å². The number of anilines is 1. The van der Waals surface area contributed by atoms with Crippen LogP contribution in [0.5, 0.6) is 0 Å². The van der Waals surface area contributed by atoms with E-state index in [1.807, 2.05) is 48.5 Å².